The van der Waals surface area contributed by atoms with Crippen LogP contribution < -0.4 is 4.90 Å². The van der Waals surface area contributed by atoms with E-state index in [0.717, 1.165) is 29.6 Å². The summed E-state index contributed by atoms with van der Waals surface area (Å²) in [4.78, 5) is 11.3. The highest BCUT2D eigenvalue weighted by Gasteiger charge is 2.14. The van der Waals surface area contributed by atoms with Crippen LogP contribution in [0, 0.1) is 0 Å². The van der Waals surface area contributed by atoms with Crippen molar-refractivity contribution in [3.8, 4) is 11.4 Å². The molecule has 1 aromatic carbocycles. The molecule has 1 fully saturated rings. The molecule has 0 radical (unpaired) electrons. The van der Waals surface area contributed by atoms with Crippen molar-refractivity contribution in [2.75, 3.05) is 23.1 Å². The molecule has 0 unspecified atom stereocenters. The van der Waals surface area contributed by atoms with Crippen LogP contribution in [0.15, 0.2) is 42.6 Å². The Bertz CT molecular complexity index is 495. The fourth-order valence-electron chi connectivity index (χ4n) is 1.85. The summed E-state index contributed by atoms with van der Waals surface area (Å²) >= 11 is 1.94. The van der Waals surface area contributed by atoms with Gasteiger partial charge in [0.25, 0.3) is 0 Å². The monoisotopic (exact) mass is 243 g/mol. The molecule has 3 rings (SSSR count). The number of aromatic nitrogens is 2. The number of benzene rings is 1. The number of rotatable bonds is 2. The van der Waals surface area contributed by atoms with Crippen LogP contribution in [0.4, 0.5) is 5.82 Å². The van der Waals surface area contributed by atoms with Crippen molar-refractivity contribution in [3.63, 3.8) is 0 Å². The molecule has 0 spiro atoms. The molecule has 0 saturated carbocycles. The van der Waals surface area contributed by atoms with Gasteiger partial charge in [-0.1, -0.05) is 30.3 Å². The van der Waals surface area contributed by atoms with Crippen molar-refractivity contribution in [1.29, 1.82) is 0 Å². The molecule has 2 aromatic rings. The van der Waals surface area contributed by atoms with Crippen molar-refractivity contribution in [3.05, 3.63) is 42.6 Å². The predicted octanol–water partition coefficient (Wildman–Crippen LogP) is 2.65. The third kappa shape index (κ3) is 2.26. The van der Waals surface area contributed by atoms with Crippen LogP contribution in [-0.2, 0) is 0 Å². The van der Waals surface area contributed by atoms with Gasteiger partial charge in [-0.2, -0.15) is 0 Å². The van der Waals surface area contributed by atoms with E-state index in [1.165, 1.54) is 5.75 Å². The summed E-state index contributed by atoms with van der Waals surface area (Å²) in [6, 6.07) is 12.1. The van der Waals surface area contributed by atoms with Gasteiger partial charge in [0.1, 0.15) is 5.82 Å². The zero-order chi connectivity index (χ0) is 11.5. The maximum atomic E-state index is 4.63. The number of anilines is 1. The van der Waals surface area contributed by atoms with Crippen LogP contribution in [0.3, 0.4) is 0 Å². The van der Waals surface area contributed by atoms with E-state index in [9.17, 15) is 0 Å². The Hall–Kier alpha value is -1.55. The molecule has 3 nitrogen and oxygen atoms in total. The third-order valence-electron chi connectivity index (χ3n) is 2.75. The Balaban J connectivity index is 1.94. The minimum atomic E-state index is 0.806. The lowest BCUT2D eigenvalue weighted by Crippen LogP contribution is -2.19. The van der Waals surface area contributed by atoms with Crippen molar-refractivity contribution in [2.45, 2.75) is 0 Å². The second kappa shape index (κ2) is 4.75. The van der Waals surface area contributed by atoms with Crippen LogP contribution in [0.1, 0.15) is 0 Å². The van der Waals surface area contributed by atoms with Gasteiger partial charge in [-0.05, 0) is 6.07 Å². The highest BCUT2D eigenvalue weighted by atomic mass is 32.2. The minimum absolute atomic E-state index is 0.806. The van der Waals surface area contributed by atoms with Gasteiger partial charge in [-0.25, -0.2) is 9.97 Å². The minimum Gasteiger partial charge on any atom is -0.346 e. The second-order valence-electron chi connectivity index (χ2n) is 3.91. The molecule has 0 bridgehead atoms. The van der Waals surface area contributed by atoms with Crippen LogP contribution in [0.2, 0.25) is 0 Å². The molecule has 0 N–H and O–H groups in total. The number of nitrogens with zero attached hydrogens (tertiary/aromatic N) is 3. The topological polar surface area (TPSA) is 29.0 Å². The van der Waals surface area contributed by atoms with Gasteiger partial charge in [0, 0.05) is 24.1 Å². The summed E-state index contributed by atoms with van der Waals surface area (Å²) in [6.45, 7) is 1.08. The van der Waals surface area contributed by atoms with Crippen molar-refractivity contribution < 1.29 is 0 Å². The smallest absolute Gasteiger partial charge is 0.161 e. The Labute approximate surface area is 105 Å². The molecular weight excluding hydrogens is 230 g/mol. The Morgan fingerprint density at radius 3 is 2.76 bits per heavy atom. The van der Waals surface area contributed by atoms with Gasteiger partial charge >= 0.3 is 0 Å². The summed E-state index contributed by atoms with van der Waals surface area (Å²) < 4.78 is 0. The molecule has 0 atom stereocenters. The average Bonchev–Trinajstić information content (AvgIpc) is 2.94. The first-order valence-electron chi connectivity index (χ1n) is 5.65. The predicted molar refractivity (Wildman–Crippen MR) is 72.1 cm³/mol. The first-order valence-corrected chi connectivity index (χ1v) is 6.80. The summed E-state index contributed by atoms with van der Waals surface area (Å²) in [5, 5.41) is 0. The SMILES string of the molecule is c1ccc(-c2nccc(N3CCSC3)n2)cc1. The highest BCUT2D eigenvalue weighted by molar-refractivity contribution is 7.99. The van der Waals surface area contributed by atoms with Crippen LogP contribution >= 0.6 is 11.8 Å². The van der Waals surface area contributed by atoms with Crippen molar-refractivity contribution >= 4 is 17.6 Å². The quantitative estimate of drug-likeness (QED) is 0.811. The second-order valence-corrected chi connectivity index (χ2v) is 4.98. The van der Waals surface area contributed by atoms with Gasteiger partial charge in [-0.3, -0.25) is 0 Å². The van der Waals surface area contributed by atoms with E-state index in [1.54, 1.807) is 0 Å². The van der Waals surface area contributed by atoms with E-state index < -0.39 is 0 Å². The van der Waals surface area contributed by atoms with Crippen molar-refractivity contribution in [1.82, 2.24) is 9.97 Å². The highest BCUT2D eigenvalue weighted by Crippen LogP contribution is 2.22. The molecule has 1 aliphatic rings. The molecule has 0 amide bonds. The molecule has 17 heavy (non-hydrogen) atoms. The number of hydrogen-bond donors (Lipinski definition) is 0. The third-order valence-corrected chi connectivity index (χ3v) is 3.72. The zero-order valence-corrected chi connectivity index (χ0v) is 10.2. The maximum Gasteiger partial charge on any atom is 0.161 e. The molecule has 2 heterocycles. The molecule has 1 aromatic heterocycles. The van der Waals surface area contributed by atoms with E-state index in [4.69, 9.17) is 0 Å². The largest absolute Gasteiger partial charge is 0.346 e. The van der Waals surface area contributed by atoms with Gasteiger partial charge in [0.15, 0.2) is 5.82 Å². The molecule has 86 valence electrons. The summed E-state index contributed by atoms with van der Waals surface area (Å²) in [5.74, 6) is 4.06. The lowest BCUT2D eigenvalue weighted by atomic mass is 10.2. The van der Waals surface area contributed by atoms with Crippen LogP contribution in [0.5, 0.6) is 0 Å². The van der Waals surface area contributed by atoms with E-state index in [-0.39, 0.29) is 0 Å². The summed E-state index contributed by atoms with van der Waals surface area (Å²) in [5.41, 5.74) is 1.07. The van der Waals surface area contributed by atoms with E-state index in [2.05, 4.69) is 14.9 Å². The number of hydrogen-bond acceptors (Lipinski definition) is 4. The van der Waals surface area contributed by atoms with Gasteiger partial charge in [0.2, 0.25) is 0 Å². The molecule has 4 heteroatoms. The van der Waals surface area contributed by atoms with Crippen molar-refractivity contribution in [2.24, 2.45) is 0 Å². The average molecular weight is 243 g/mol. The van der Waals surface area contributed by atoms with E-state index >= 15 is 0 Å². The zero-order valence-electron chi connectivity index (χ0n) is 9.41. The normalized spacial score (nSPS) is 15.2. The Morgan fingerprint density at radius 2 is 2.00 bits per heavy atom. The molecule has 1 aliphatic heterocycles. The van der Waals surface area contributed by atoms with Crippen LogP contribution in [0.25, 0.3) is 11.4 Å². The first kappa shape index (κ1) is 10.6. The Kier molecular flexibility index (Phi) is 2.96. The lowest BCUT2D eigenvalue weighted by molar-refractivity contribution is 0.951. The summed E-state index contributed by atoms with van der Waals surface area (Å²) in [7, 11) is 0. The molecular formula is C13H13N3S. The van der Waals surface area contributed by atoms with E-state index in [0.29, 0.717) is 0 Å². The van der Waals surface area contributed by atoms with E-state index in [1.807, 2.05) is 54.4 Å². The first-order chi connectivity index (χ1) is 8.43. The van der Waals surface area contributed by atoms with Gasteiger partial charge in [-0.15, -0.1) is 11.8 Å². The Morgan fingerprint density at radius 1 is 1.12 bits per heavy atom. The maximum absolute atomic E-state index is 4.63. The summed E-state index contributed by atoms with van der Waals surface area (Å²) in [6.07, 6.45) is 1.84. The van der Waals surface area contributed by atoms with Gasteiger partial charge in [0.05, 0.1) is 5.88 Å². The number of thioether (sulfide) groups is 1. The van der Waals surface area contributed by atoms with Gasteiger partial charge < -0.3 is 4.90 Å². The molecule has 1 saturated heterocycles. The lowest BCUT2D eigenvalue weighted by Gasteiger charge is -2.15. The fourth-order valence-corrected chi connectivity index (χ4v) is 2.81. The standard InChI is InChI=1S/C13H13N3S/c1-2-4-11(5-3-1)13-14-7-6-12(15-13)16-8-9-17-10-16/h1-7H,8-10H2. The fraction of sp³-hybridized carbons (Fsp3) is 0.231. The molecule has 0 aliphatic carbocycles. The van der Waals surface area contributed by atoms with Crippen LogP contribution in [-0.4, -0.2) is 28.1 Å².